The Morgan fingerprint density at radius 1 is 1.21 bits per heavy atom. The summed E-state index contributed by atoms with van der Waals surface area (Å²) in [5, 5.41) is 3.30. The minimum Gasteiger partial charge on any atom is -0.497 e. The van der Waals surface area contributed by atoms with Crippen LogP contribution >= 0.6 is 15.9 Å². The highest BCUT2D eigenvalue weighted by Crippen LogP contribution is 2.27. The smallest absolute Gasteiger partial charge is 0.126 e. The van der Waals surface area contributed by atoms with E-state index in [0.29, 0.717) is 12.1 Å². The summed E-state index contributed by atoms with van der Waals surface area (Å²) in [5.74, 6) is 0.618. The van der Waals surface area contributed by atoms with Crippen molar-refractivity contribution in [2.75, 3.05) is 12.4 Å². The van der Waals surface area contributed by atoms with Gasteiger partial charge in [-0.15, -0.1) is 0 Å². The van der Waals surface area contributed by atoms with Crippen LogP contribution in [0.4, 0.5) is 10.1 Å². The fourth-order valence-corrected chi connectivity index (χ4v) is 2.17. The zero-order chi connectivity index (χ0) is 13.8. The summed E-state index contributed by atoms with van der Waals surface area (Å²) in [5.41, 5.74) is 2.64. The zero-order valence-electron chi connectivity index (χ0n) is 10.8. The Kier molecular flexibility index (Phi) is 4.43. The Morgan fingerprint density at radius 3 is 2.68 bits per heavy atom. The molecule has 0 radical (unpaired) electrons. The van der Waals surface area contributed by atoms with Gasteiger partial charge in [0.2, 0.25) is 0 Å². The summed E-state index contributed by atoms with van der Waals surface area (Å²) in [6.07, 6.45) is 0. The van der Waals surface area contributed by atoms with E-state index >= 15 is 0 Å². The summed E-state index contributed by atoms with van der Waals surface area (Å²) in [6, 6.07) is 10.8. The minimum absolute atomic E-state index is 0.175. The van der Waals surface area contributed by atoms with E-state index in [4.69, 9.17) is 4.74 Å². The molecule has 0 aliphatic heterocycles. The van der Waals surface area contributed by atoms with Crippen LogP contribution in [0.2, 0.25) is 0 Å². The molecular weight excluding hydrogens is 309 g/mol. The number of methoxy groups -OCH3 is 1. The van der Waals surface area contributed by atoms with Crippen molar-refractivity contribution in [3.05, 3.63) is 57.8 Å². The molecule has 0 amide bonds. The quantitative estimate of drug-likeness (QED) is 0.893. The van der Waals surface area contributed by atoms with Crippen LogP contribution in [0.5, 0.6) is 5.75 Å². The fraction of sp³-hybridized carbons (Fsp3) is 0.200. The van der Waals surface area contributed by atoms with Gasteiger partial charge in [-0.05, 0) is 52.2 Å². The predicted molar refractivity (Wildman–Crippen MR) is 79.2 cm³/mol. The Labute approximate surface area is 120 Å². The molecule has 2 aromatic rings. The molecule has 0 bridgehead atoms. The number of nitrogens with one attached hydrogen (secondary N) is 1. The van der Waals surface area contributed by atoms with Crippen molar-refractivity contribution < 1.29 is 9.13 Å². The van der Waals surface area contributed by atoms with Crippen LogP contribution in [0.1, 0.15) is 11.1 Å². The first kappa shape index (κ1) is 13.9. The largest absolute Gasteiger partial charge is 0.497 e. The van der Waals surface area contributed by atoms with Crippen LogP contribution in [0.15, 0.2) is 40.9 Å². The van der Waals surface area contributed by atoms with E-state index in [1.54, 1.807) is 20.1 Å². The summed E-state index contributed by atoms with van der Waals surface area (Å²) < 4.78 is 19.3. The number of aryl methyl sites for hydroxylation is 1. The predicted octanol–water partition coefficient (Wildman–Crippen LogP) is 4.52. The molecule has 0 atom stereocenters. The fourth-order valence-electron chi connectivity index (χ4n) is 1.78. The van der Waals surface area contributed by atoms with Crippen LogP contribution in [0.25, 0.3) is 0 Å². The third-order valence-electron chi connectivity index (χ3n) is 2.88. The second-order valence-electron chi connectivity index (χ2n) is 4.28. The lowest BCUT2D eigenvalue weighted by Gasteiger charge is -2.11. The molecule has 19 heavy (non-hydrogen) atoms. The molecule has 0 aromatic heterocycles. The Hall–Kier alpha value is -1.55. The van der Waals surface area contributed by atoms with Crippen molar-refractivity contribution in [3.8, 4) is 5.75 Å². The number of ether oxygens (including phenoxy) is 1. The molecule has 2 nitrogen and oxygen atoms in total. The number of anilines is 1. The molecule has 0 unspecified atom stereocenters. The molecule has 0 heterocycles. The Balaban J connectivity index is 2.11. The Morgan fingerprint density at radius 2 is 2.00 bits per heavy atom. The molecule has 2 rings (SSSR count). The molecule has 100 valence electrons. The molecule has 0 fully saturated rings. The highest BCUT2D eigenvalue weighted by Gasteiger charge is 2.03. The van der Waals surface area contributed by atoms with E-state index in [9.17, 15) is 4.39 Å². The molecule has 2 aromatic carbocycles. The van der Waals surface area contributed by atoms with Gasteiger partial charge in [0.1, 0.15) is 11.6 Å². The average molecular weight is 324 g/mol. The molecule has 1 N–H and O–H groups in total. The lowest BCUT2D eigenvalue weighted by Crippen LogP contribution is -2.01. The van der Waals surface area contributed by atoms with Gasteiger partial charge in [-0.2, -0.15) is 0 Å². The van der Waals surface area contributed by atoms with Crippen molar-refractivity contribution in [2.24, 2.45) is 0 Å². The molecule has 0 saturated carbocycles. The lowest BCUT2D eigenvalue weighted by atomic mass is 10.1. The van der Waals surface area contributed by atoms with Gasteiger partial charge in [0.05, 0.1) is 12.8 Å². The average Bonchev–Trinajstić information content (AvgIpc) is 2.41. The third kappa shape index (κ3) is 3.47. The number of halogens is 2. The lowest BCUT2D eigenvalue weighted by molar-refractivity contribution is 0.415. The van der Waals surface area contributed by atoms with Gasteiger partial charge in [0, 0.05) is 17.1 Å². The summed E-state index contributed by atoms with van der Waals surface area (Å²) in [4.78, 5) is 0. The minimum atomic E-state index is -0.175. The normalized spacial score (nSPS) is 10.3. The number of hydrogen-bond acceptors (Lipinski definition) is 2. The van der Waals surface area contributed by atoms with E-state index in [2.05, 4.69) is 21.2 Å². The third-order valence-corrected chi connectivity index (χ3v) is 3.57. The monoisotopic (exact) mass is 323 g/mol. The molecule has 4 heteroatoms. The summed E-state index contributed by atoms with van der Waals surface area (Å²) >= 11 is 3.48. The van der Waals surface area contributed by atoms with Gasteiger partial charge in [0.15, 0.2) is 0 Å². The highest BCUT2D eigenvalue weighted by molar-refractivity contribution is 9.10. The standard InChI is InChI=1S/C15H15BrFNO/c1-10-7-11(3-6-14(10)17)9-18-15-8-12(19-2)4-5-13(15)16/h3-8,18H,9H2,1-2H3. The molecule has 0 saturated heterocycles. The van der Waals surface area contributed by atoms with Crippen LogP contribution in [0.3, 0.4) is 0 Å². The van der Waals surface area contributed by atoms with Crippen molar-refractivity contribution in [2.45, 2.75) is 13.5 Å². The van der Waals surface area contributed by atoms with Crippen molar-refractivity contribution in [3.63, 3.8) is 0 Å². The van der Waals surface area contributed by atoms with Gasteiger partial charge < -0.3 is 10.1 Å². The van der Waals surface area contributed by atoms with Gasteiger partial charge in [-0.1, -0.05) is 12.1 Å². The van der Waals surface area contributed by atoms with E-state index in [1.165, 1.54) is 6.07 Å². The SMILES string of the molecule is COc1ccc(Br)c(NCc2ccc(F)c(C)c2)c1. The molecular formula is C15H15BrFNO. The Bertz CT molecular complexity index is 586. The first-order valence-electron chi connectivity index (χ1n) is 5.92. The van der Waals surface area contributed by atoms with Crippen molar-refractivity contribution in [1.29, 1.82) is 0 Å². The van der Waals surface area contributed by atoms with Crippen LogP contribution < -0.4 is 10.1 Å². The second-order valence-corrected chi connectivity index (χ2v) is 5.14. The van der Waals surface area contributed by atoms with Crippen molar-refractivity contribution in [1.82, 2.24) is 0 Å². The van der Waals surface area contributed by atoms with E-state index in [0.717, 1.165) is 21.5 Å². The first-order valence-corrected chi connectivity index (χ1v) is 6.72. The zero-order valence-corrected chi connectivity index (χ0v) is 12.4. The number of rotatable bonds is 4. The van der Waals surface area contributed by atoms with Gasteiger partial charge in [-0.25, -0.2) is 4.39 Å². The number of benzene rings is 2. The maximum absolute atomic E-state index is 13.2. The van der Waals surface area contributed by atoms with Crippen molar-refractivity contribution >= 4 is 21.6 Å². The van der Waals surface area contributed by atoms with Crippen LogP contribution in [-0.2, 0) is 6.54 Å². The molecule has 0 aliphatic carbocycles. The summed E-state index contributed by atoms with van der Waals surface area (Å²) in [7, 11) is 1.64. The maximum atomic E-state index is 13.2. The number of hydrogen-bond donors (Lipinski definition) is 1. The maximum Gasteiger partial charge on any atom is 0.126 e. The molecule has 0 spiro atoms. The van der Waals surface area contributed by atoms with Crippen LogP contribution in [0, 0.1) is 12.7 Å². The van der Waals surface area contributed by atoms with Crippen LogP contribution in [-0.4, -0.2) is 7.11 Å². The second kappa shape index (κ2) is 6.06. The topological polar surface area (TPSA) is 21.3 Å². The van der Waals surface area contributed by atoms with E-state index in [-0.39, 0.29) is 5.82 Å². The molecule has 0 aliphatic rings. The van der Waals surface area contributed by atoms with Gasteiger partial charge >= 0.3 is 0 Å². The van der Waals surface area contributed by atoms with E-state index in [1.807, 2.05) is 24.3 Å². The van der Waals surface area contributed by atoms with Gasteiger partial charge in [0.25, 0.3) is 0 Å². The highest BCUT2D eigenvalue weighted by atomic mass is 79.9. The van der Waals surface area contributed by atoms with Gasteiger partial charge in [-0.3, -0.25) is 0 Å². The first-order chi connectivity index (χ1) is 9.10. The summed E-state index contributed by atoms with van der Waals surface area (Å²) in [6.45, 7) is 2.40. The van der Waals surface area contributed by atoms with E-state index < -0.39 is 0 Å².